The molecular weight excluding hydrogens is 350 g/mol. The number of anilines is 1. The lowest BCUT2D eigenvalue weighted by molar-refractivity contribution is -0.114. The van der Waals surface area contributed by atoms with E-state index in [0.29, 0.717) is 17.0 Å². The van der Waals surface area contributed by atoms with Crippen LogP contribution in [0.2, 0.25) is 0 Å². The summed E-state index contributed by atoms with van der Waals surface area (Å²) in [4.78, 5) is 23.3. The molecule has 0 aliphatic heterocycles. The standard InChI is InChI=1S/C23H21N3O2/c1-16(18-8-10-20(11-9-18)19-6-4-3-5-7-19)25-26-23(28)21-12-14-22(15-13-21)24-17(2)27/h3-15H,1-2H3,(H,24,27)(H,26,28). The van der Waals surface area contributed by atoms with Gasteiger partial charge in [0.25, 0.3) is 5.91 Å². The molecule has 3 aromatic rings. The van der Waals surface area contributed by atoms with Crippen LogP contribution in [0.15, 0.2) is 84.0 Å². The molecule has 140 valence electrons. The van der Waals surface area contributed by atoms with Gasteiger partial charge in [0, 0.05) is 18.2 Å². The zero-order valence-corrected chi connectivity index (χ0v) is 15.8. The zero-order chi connectivity index (χ0) is 19.9. The number of rotatable bonds is 5. The molecule has 0 fully saturated rings. The van der Waals surface area contributed by atoms with Gasteiger partial charge in [0.1, 0.15) is 0 Å². The molecule has 3 rings (SSSR count). The van der Waals surface area contributed by atoms with E-state index < -0.39 is 0 Å². The number of hydrogen-bond acceptors (Lipinski definition) is 3. The van der Waals surface area contributed by atoms with Crippen LogP contribution in [0.25, 0.3) is 11.1 Å². The summed E-state index contributed by atoms with van der Waals surface area (Å²) < 4.78 is 0. The Balaban J connectivity index is 1.65. The molecule has 28 heavy (non-hydrogen) atoms. The number of benzene rings is 3. The van der Waals surface area contributed by atoms with Crippen LogP contribution in [-0.4, -0.2) is 17.5 Å². The average molecular weight is 371 g/mol. The van der Waals surface area contributed by atoms with Gasteiger partial charge < -0.3 is 5.32 Å². The van der Waals surface area contributed by atoms with Crippen molar-refractivity contribution in [2.24, 2.45) is 5.10 Å². The Labute approximate surface area is 164 Å². The number of carbonyl (C=O) groups is 2. The van der Waals surface area contributed by atoms with Crippen molar-refractivity contribution in [2.75, 3.05) is 5.32 Å². The van der Waals surface area contributed by atoms with Crippen molar-refractivity contribution < 1.29 is 9.59 Å². The number of hydrazone groups is 1. The van der Waals surface area contributed by atoms with E-state index >= 15 is 0 Å². The molecule has 2 amide bonds. The highest BCUT2D eigenvalue weighted by Gasteiger charge is 2.06. The molecule has 0 aromatic heterocycles. The summed E-state index contributed by atoms with van der Waals surface area (Å²) in [5.41, 5.74) is 7.59. The maximum atomic E-state index is 12.2. The van der Waals surface area contributed by atoms with Crippen LogP contribution in [0.5, 0.6) is 0 Å². The first kappa shape index (κ1) is 19.0. The molecule has 0 aliphatic carbocycles. The second-order valence-corrected chi connectivity index (χ2v) is 6.34. The monoisotopic (exact) mass is 371 g/mol. The Bertz CT molecular complexity index is 992. The molecule has 2 N–H and O–H groups in total. The molecular formula is C23H21N3O2. The maximum Gasteiger partial charge on any atom is 0.271 e. The Morgan fingerprint density at radius 3 is 1.89 bits per heavy atom. The Morgan fingerprint density at radius 2 is 1.29 bits per heavy atom. The minimum Gasteiger partial charge on any atom is -0.326 e. The van der Waals surface area contributed by atoms with Crippen molar-refractivity contribution in [3.8, 4) is 11.1 Å². The fourth-order valence-corrected chi connectivity index (χ4v) is 2.71. The lowest BCUT2D eigenvalue weighted by Crippen LogP contribution is -2.19. The van der Waals surface area contributed by atoms with Crippen molar-refractivity contribution in [3.05, 3.63) is 90.0 Å². The second-order valence-electron chi connectivity index (χ2n) is 6.34. The van der Waals surface area contributed by atoms with Gasteiger partial charge in [0.05, 0.1) is 5.71 Å². The van der Waals surface area contributed by atoms with Crippen LogP contribution in [0.4, 0.5) is 5.69 Å². The average Bonchev–Trinajstić information content (AvgIpc) is 2.72. The van der Waals surface area contributed by atoms with Crippen molar-refractivity contribution in [3.63, 3.8) is 0 Å². The number of nitrogens with one attached hydrogen (secondary N) is 2. The summed E-state index contributed by atoms with van der Waals surface area (Å²) in [7, 11) is 0. The topological polar surface area (TPSA) is 70.6 Å². The first-order valence-corrected chi connectivity index (χ1v) is 8.91. The summed E-state index contributed by atoms with van der Waals surface area (Å²) in [6.45, 7) is 3.28. The van der Waals surface area contributed by atoms with E-state index in [1.165, 1.54) is 6.92 Å². The third kappa shape index (κ3) is 4.92. The zero-order valence-electron chi connectivity index (χ0n) is 15.8. The van der Waals surface area contributed by atoms with Gasteiger partial charge in [-0.25, -0.2) is 5.43 Å². The van der Waals surface area contributed by atoms with E-state index in [9.17, 15) is 9.59 Å². The molecule has 0 heterocycles. The summed E-state index contributed by atoms with van der Waals surface area (Å²) >= 11 is 0. The Kier molecular flexibility index (Phi) is 5.97. The number of amides is 2. The molecule has 5 nitrogen and oxygen atoms in total. The van der Waals surface area contributed by atoms with E-state index in [4.69, 9.17) is 0 Å². The van der Waals surface area contributed by atoms with Gasteiger partial charge in [-0.05, 0) is 47.9 Å². The highest BCUT2D eigenvalue weighted by atomic mass is 16.2. The normalized spacial score (nSPS) is 11.0. The van der Waals surface area contributed by atoms with Gasteiger partial charge in [-0.2, -0.15) is 5.10 Å². The summed E-state index contributed by atoms with van der Waals surface area (Å²) in [6, 6.07) is 24.8. The largest absolute Gasteiger partial charge is 0.326 e. The fourth-order valence-electron chi connectivity index (χ4n) is 2.71. The highest BCUT2D eigenvalue weighted by molar-refractivity contribution is 6.01. The van der Waals surface area contributed by atoms with E-state index in [2.05, 4.69) is 28.0 Å². The van der Waals surface area contributed by atoms with Crippen molar-refractivity contribution in [1.82, 2.24) is 5.43 Å². The molecule has 3 aromatic carbocycles. The molecule has 0 saturated heterocycles. The maximum absolute atomic E-state index is 12.2. The first-order chi connectivity index (χ1) is 13.5. The third-order valence-electron chi connectivity index (χ3n) is 4.20. The molecule has 5 heteroatoms. The molecule has 0 unspecified atom stereocenters. The second kappa shape index (κ2) is 8.77. The number of nitrogens with zero attached hydrogens (tertiary/aromatic N) is 1. The smallest absolute Gasteiger partial charge is 0.271 e. The lowest BCUT2D eigenvalue weighted by Gasteiger charge is -2.06. The van der Waals surface area contributed by atoms with E-state index in [-0.39, 0.29) is 11.8 Å². The molecule has 0 atom stereocenters. The first-order valence-electron chi connectivity index (χ1n) is 8.91. The Morgan fingerprint density at radius 1 is 0.714 bits per heavy atom. The molecule has 0 aliphatic rings. The minimum atomic E-state index is -0.311. The fraction of sp³-hybridized carbons (Fsp3) is 0.0870. The predicted molar refractivity (Wildman–Crippen MR) is 112 cm³/mol. The van der Waals surface area contributed by atoms with Gasteiger partial charge in [-0.1, -0.05) is 54.6 Å². The van der Waals surface area contributed by atoms with Crippen LogP contribution in [0.1, 0.15) is 29.8 Å². The third-order valence-corrected chi connectivity index (χ3v) is 4.20. The van der Waals surface area contributed by atoms with Crippen molar-refractivity contribution in [1.29, 1.82) is 0 Å². The summed E-state index contributed by atoms with van der Waals surface area (Å²) in [5, 5.41) is 6.85. The van der Waals surface area contributed by atoms with Gasteiger partial charge in [-0.15, -0.1) is 0 Å². The molecule has 0 spiro atoms. The van der Waals surface area contributed by atoms with Crippen LogP contribution in [0, 0.1) is 0 Å². The van der Waals surface area contributed by atoms with E-state index in [1.54, 1.807) is 24.3 Å². The lowest BCUT2D eigenvalue weighted by atomic mass is 10.0. The van der Waals surface area contributed by atoms with Gasteiger partial charge in [0.2, 0.25) is 5.91 Å². The quantitative estimate of drug-likeness (QED) is 0.513. The SMILES string of the molecule is CC(=O)Nc1ccc(C(=O)NN=C(C)c2ccc(-c3ccccc3)cc2)cc1. The Hall–Kier alpha value is -3.73. The van der Waals surface area contributed by atoms with Crippen LogP contribution >= 0.6 is 0 Å². The molecule has 0 bridgehead atoms. The van der Waals surface area contributed by atoms with Crippen LogP contribution in [0.3, 0.4) is 0 Å². The van der Waals surface area contributed by atoms with Gasteiger partial charge >= 0.3 is 0 Å². The number of hydrogen-bond donors (Lipinski definition) is 2. The predicted octanol–water partition coefficient (Wildman–Crippen LogP) is 4.47. The summed E-state index contributed by atoms with van der Waals surface area (Å²) in [6.07, 6.45) is 0. The van der Waals surface area contributed by atoms with E-state index in [0.717, 1.165) is 16.7 Å². The van der Waals surface area contributed by atoms with Crippen LogP contribution in [-0.2, 0) is 4.79 Å². The molecule has 0 radical (unpaired) electrons. The highest BCUT2D eigenvalue weighted by Crippen LogP contribution is 2.19. The van der Waals surface area contributed by atoms with Gasteiger partial charge in [-0.3, -0.25) is 9.59 Å². The van der Waals surface area contributed by atoms with Crippen molar-refractivity contribution in [2.45, 2.75) is 13.8 Å². The van der Waals surface area contributed by atoms with E-state index in [1.807, 2.05) is 49.4 Å². The van der Waals surface area contributed by atoms with Crippen LogP contribution < -0.4 is 10.7 Å². The minimum absolute atomic E-state index is 0.157. The molecule has 0 saturated carbocycles. The van der Waals surface area contributed by atoms with Crippen molar-refractivity contribution >= 4 is 23.2 Å². The summed E-state index contributed by atoms with van der Waals surface area (Å²) in [5.74, 6) is -0.467. The van der Waals surface area contributed by atoms with Gasteiger partial charge in [0.15, 0.2) is 0 Å². The number of carbonyl (C=O) groups excluding carboxylic acids is 2.